The first-order valence-electron chi connectivity index (χ1n) is 8.57. The van der Waals surface area contributed by atoms with Gasteiger partial charge in [-0.1, -0.05) is 40.2 Å². The molecular formula is C20H18BrN3O4P+. The second-order valence-corrected chi connectivity index (χ2v) is 7.76. The van der Waals surface area contributed by atoms with Crippen LogP contribution in [0.15, 0.2) is 65.3 Å². The number of hydrogen-bond donors (Lipinski definition) is 2. The summed E-state index contributed by atoms with van der Waals surface area (Å²) < 4.78 is 18.0. The Morgan fingerprint density at radius 2 is 1.93 bits per heavy atom. The molecule has 3 aromatic rings. The standard InChI is InChI=1S/C20H17BrN3O4P/c1-24-20(15-4-7-17(21)8-5-15)16(12-22-24)6-11-19(25)23-18-9-2-14(3-10-18)13-28-29(26)27/h2-12H,13H2,1H3,(H-,23,25,26,27)/p+1/b11-6+. The second-order valence-electron chi connectivity index (χ2n) is 6.11. The van der Waals surface area contributed by atoms with Crippen LogP contribution in [0.5, 0.6) is 0 Å². The second kappa shape index (κ2) is 9.71. The first-order chi connectivity index (χ1) is 13.9. The summed E-state index contributed by atoms with van der Waals surface area (Å²) in [4.78, 5) is 20.9. The molecule has 0 aliphatic carbocycles. The van der Waals surface area contributed by atoms with Gasteiger partial charge in [-0.05, 0) is 35.9 Å². The lowest BCUT2D eigenvalue weighted by atomic mass is 10.1. The van der Waals surface area contributed by atoms with Crippen molar-refractivity contribution in [2.45, 2.75) is 6.61 Å². The van der Waals surface area contributed by atoms with E-state index in [1.165, 1.54) is 6.08 Å². The number of halogens is 1. The molecule has 3 rings (SSSR count). The molecule has 1 heterocycles. The van der Waals surface area contributed by atoms with E-state index in [1.807, 2.05) is 31.3 Å². The molecule has 2 aromatic carbocycles. The van der Waals surface area contributed by atoms with Crippen LogP contribution in [0.4, 0.5) is 5.69 Å². The quantitative estimate of drug-likeness (QED) is 0.383. The van der Waals surface area contributed by atoms with Gasteiger partial charge in [-0.3, -0.25) is 9.48 Å². The van der Waals surface area contributed by atoms with E-state index in [2.05, 4.69) is 30.9 Å². The Labute approximate surface area is 177 Å². The molecular weight excluding hydrogens is 457 g/mol. The van der Waals surface area contributed by atoms with Crippen molar-refractivity contribution < 1.29 is 18.8 Å². The molecule has 1 unspecified atom stereocenters. The normalized spacial score (nSPS) is 11.6. The predicted molar refractivity (Wildman–Crippen MR) is 115 cm³/mol. The third kappa shape index (κ3) is 5.92. The molecule has 1 amide bonds. The predicted octanol–water partition coefficient (Wildman–Crippen LogP) is 4.67. The number of aromatic nitrogens is 2. The summed E-state index contributed by atoms with van der Waals surface area (Å²) in [6.45, 7) is 0.0275. The lowest BCUT2D eigenvalue weighted by molar-refractivity contribution is -0.111. The molecule has 1 aromatic heterocycles. The molecule has 0 spiro atoms. The molecule has 0 saturated carbocycles. The highest BCUT2D eigenvalue weighted by Gasteiger charge is 2.12. The number of nitrogens with zero attached hydrogens (tertiary/aromatic N) is 2. The van der Waals surface area contributed by atoms with Crippen LogP contribution in [0.3, 0.4) is 0 Å². The zero-order valence-corrected chi connectivity index (χ0v) is 17.9. The van der Waals surface area contributed by atoms with Gasteiger partial charge in [0, 0.05) is 39.0 Å². The third-order valence-corrected chi connectivity index (χ3v) is 4.94. The van der Waals surface area contributed by atoms with Gasteiger partial charge < -0.3 is 5.32 Å². The summed E-state index contributed by atoms with van der Waals surface area (Å²) in [5, 5.41) is 7.06. The summed E-state index contributed by atoms with van der Waals surface area (Å²) in [7, 11) is -0.776. The van der Waals surface area contributed by atoms with Crippen LogP contribution in [-0.2, 0) is 27.5 Å². The molecule has 0 saturated heterocycles. The summed E-state index contributed by atoms with van der Waals surface area (Å²) in [5.74, 6) is -0.280. The van der Waals surface area contributed by atoms with E-state index in [1.54, 1.807) is 41.2 Å². The van der Waals surface area contributed by atoms with Crippen molar-refractivity contribution in [3.05, 3.63) is 76.4 Å². The average molecular weight is 475 g/mol. The summed E-state index contributed by atoms with van der Waals surface area (Å²) in [6, 6.07) is 14.7. The minimum absolute atomic E-state index is 0.0275. The van der Waals surface area contributed by atoms with Gasteiger partial charge in [0.2, 0.25) is 5.91 Å². The van der Waals surface area contributed by atoms with Gasteiger partial charge >= 0.3 is 8.25 Å². The monoisotopic (exact) mass is 474 g/mol. The van der Waals surface area contributed by atoms with Gasteiger partial charge in [0.15, 0.2) is 0 Å². The molecule has 7 nitrogen and oxygen atoms in total. The zero-order valence-electron chi connectivity index (χ0n) is 15.4. The molecule has 1 atom stereocenters. The number of carbonyl (C=O) groups excluding carboxylic acids is 1. The highest BCUT2D eigenvalue weighted by molar-refractivity contribution is 9.10. The van der Waals surface area contributed by atoms with E-state index in [4.69, 9.17) is 4.89 Å². The van der Waals surface area contributed by atoms with E-state index in [9.17, 15) is 9.36 Å². The van der Waals surface area contributed by atoms with Gasteiger partial charge in [-0.25, -0.2) is 0 Å². The summed E-state index contributed by atoms with van der Waals surface area (Å²) in [6.07, 6.45) is 4.88. The SMILES string of the molecule is Cn1ncc(/C=C/C(=O)Nc2ccc(CO[P+](=O)O)cc2)c1-c1ccc(Br)cc1. The van der Waals surface area contributed by atoms with Gasteiger partial charge in [-0.15, -0.1) is 9.42 Å². The van der Waals surface area contributed by atoms with Gasteiger partial charge in [-0.2, -0.15) is 5.10 Å². The molecule has 0 bridgehead atoms. The van der Waals surface area contributed by atoms with Crippen molar-refractivity contribution in [3.8, 4) is 11.3 Å². The van der Waals surface area contributed by atoms with E-state index in [0.717, 1.165) is 26.9 Å². The Hall–Kier alpha value is -2.64. The van der Waals surface area contributed by atoms with Crippen LogP contribution in [0, 0.1) is 0 Å². The van der Waals surface area contributed by atoms with Crippen LogP contribution in [0.1, 0.15) is 11.1 Å². The Morgan fingerprint density at radius 1 is 1.24 bits per heavy atom. The van der Waals surface area contributed by atoms with Crippen LogP contribution in [0.2, 0.25) is 0 Å². The number of rotatable bonds is 7. The first kappa shape index (κ1) is 21.1. The number of aryl methyl sites for hydroxylation is 1. The summed E-state index contributed by atoms with van der Waals surface area (Å²) >= 11 is 3.43. The number of hydrogen-bond acceptors (Lipinski definition) is 4. The minimum atomic E-state index is -2.63. The first-order valence-corrected chi connectivity index (χ1v) is 10.5. The molecule has 2 N–H and O–H groups in total. The maximum absolute atomic E-state index is 12.3. The maximum atomic E-state index is 12.3. The number of carbonyl (C=O) groups is 1. The molecule has 0 radical (unpaired) electrons. The highest BCUT2D eigenvalue weighted by atomic mass is 79.9. The van der Waals surface area contributed by atoms with Gasteiger partial charge in [0.25, 0.3) is 0 Å². The third-order valence-electron chi connectivity index (χ3n) is 4.06. The number of amides is 1. The van der Waals surface area contributed by atoms with Crippen LogP contribution < -0.4 is 5.32 Å². The Bertz CT molecular complexity index is 1050. The largest absolute Gasteiger partial charge is 0.695 e. The van der Waals surface area contributed by atoms with Crippen LogP contribution >= 0.6 is 24.2 Å². The van der Waals surface area contributed by atoms with Crippen molar-refractivity contribution >= 4 is 41.9 Å². The van der Waals surface area contributed by atoms with Crippen molar-refractivity contribution in [2.24, 2.45) is 7.05 Å². The topological polar surface area (TPSA) is 93.5 Å². The zero-order chi connectivity index (χ0) is 20.8. The van der Waals surface area contributed by atoms with Crippen LogP contribution in [0.25, 0.3) is 17.3 Å². The lowest BCUT2D eigenvalue weighted by Crippen LogP contribution is -2.07. The van der Waals surface area contributed by atoms with Gasteiger partial charge in [0.05, 0.1) is 11.9 Å². The lowest BCUT2D eigenvalue weighted by Gasteiger charge is -2.05. The van der Waals surface area contributed by atoms with Crippen molar-refractivity contribution in [3.63, 3.8) is 0 Å². The maximum Gasteiger partial charge on any atom is 0.695 e. The minimum Gasteiger partial charge on any atom is -0.323 e. The fourth-order valence-electron chi connectivity index (χ4n) is 2.70. The Morgan fingerprint density at radius 3 is 2.59 bits per heavy atom. The van der Waals surface area contributed by atoms with Crippen LogP contribution in [-0.4, -0.2) is 20.6 Å². The summed E-state index contributed by atoms with van der Waals surface area (Å²) in [5.41, 5.74) is 4.07. The smallest absolute Gasteiger partial charge is 0.323 e. The fourth-order valence-corrected chi connectivity index (χ4v) is 3.23. The van der Waals surface area contributed by atoms with Gasteiger partial charge in [0.1, 0.15) is 6.61 Å². The fraction of sp³-hybridized carbons (Fsp3) is 0.100. The molecule has 0 aliphatic heterocycles. The average Bonchev–Trinajstić information content (AvgIpc) is 3.07. The number of benzene rings is 2. The molecule has 0 aliphatic rings. The highest BCUT2D eigenvalue weighted by Crippen LogP contribution is 2.26. The Balaban J connectivity index is 1.67. The molecule has 0 fully saturated rings. The van der Waals surface area contributed by atoms with E-state index >= 15 is 0 Å². The van der Waals surface area contributed by atoms with E-state index in [0.29, 0.717) is 5.69 Å². The van der Waals surface area contributed by atoms with E-state index in [-0.39, 0.29) is 12.5 Å². The molecule has 9 heteroatoms. The number of nitrogens with one attached hydrogen (secondary N) is 1. The van der Waals surface area contributed by atoms with E-state index < -0.39 is 8.25 Å². The van der Waals surface area contributed by atoms with Crippen molar-refractivity contribution in [1.29, 1.82) is 0 Å². The Kier molecular flexibility index (Phi) is 7.06. The molecule has 29 heavy (non-hydrogen) atoms. The van der Waals surface area contributed by atoms with Crippen molar-refractivity contribution in [1.82, 2.24) is 9.78 Å². The molecule has 148 valence electrons. The number of anilines is 1. The van der Waals surface area contributed by atoms with Crippen molar-refractivity contribution in [2.75, 3.05) is 5.32 Å².